The van der Waals surface area contributed by atoms with Gasteiger partial charge in [-0.25, -0.2) is 0 Å². The van der Waals surface area contributed by atoms with E-state index in [0.29, 0.717) is 22.9 Å². The van der Waals surface area contributed by atoms with Crippen LogP contribution in [0.25, 0.3) is 0 Å². The van der Waals surface area contributed by atoms with Gasteiger partial charge in [-0.15, -0.1) is 0 Å². The quantitative estimate of drug-likeness (QED) is 0.879. The summed E-state index contributed by atoms with van der Waals surface area (Å²) in [6, 6.07) is 6.19. The van der Waals surface area contributed by atoms with Crippen LogP contribution >= 0.6 is 0 Å². The van der Waals surface area contributed by atoms with Gasteiger partial charge >= 0.3 is 0 Å². The number of amides is 1. The fourth-order valence-corrected chi connectivity index (χ4v) is 3.52. The molecule has 0 spiro atoms. The van der Waals surface area contributed by atoms with E-state index in [1.807, 2.05) is 25.1 Å². The minimum Gasteiger partial charge on any atom is -0.382 e. The molecule has 1 aromatic carbocycles. The minimum atomic E-state index is -0.366. The Bertz CT molecular complexity index is 516. The number of nitrogens with one attached hydrogen (secondary N) is 1. The van der Waals surface area contributed by atoms with Gasteiger partial charge in [0.2, 0.25) is 5.91 Å². The molecule has 0 bridgehead atoms. The smallest absolute Gasteiger partial charge is 0.248 e. The minimum absolute atomic E-state index is 0.319. The van der Waals surface area contributed by atoms with Gasteiger partial charge in [0.1, 0.15) is 0 Å². The van der Waals surface area contributed by atoms with Crippen LogP contribution in [0, 0.1) is 18.3 Å². The number of primary amides is 1. The summed E-state index contributed by atoms with van der Waals surface area (Å²) >= 11 is 0. The zero-order valence-electron chi connectivity index (χ0n) is 13.7. The highest BCUT2D eigenvalue weighted by Gasteiger charge is 2.34. The summed E-state index contributed by atoms with van der Waals surface area (Å²) in [4.78, 5) is 11.2. The van der Waals surface area contributed by atoms with Crippen LogP contribution in [0.5, 0.6) is 0 Å². The lowest BCUT2D eigenvalue weighted by atomic mass is 9.69. The largest absolute Gasteiger partial charge is 0.382 e. The summed E-state index contributed by atoms with van der Waals surface area (Å²) in [5.74, 6) is 0.316. The standard InChI is InChI=1S/C18H28N2O/c1-12-11-13(17(19)21)9-10-15(12)20-16-8-6-5-7-14(16)18(2,3)4/h9-11,14,16,20H,5-8H2,1-4H3,(H2,19,21). The van der Waals surface area contributed by atoms with E-state index in [9.17, 15) is 4.79 Å². The van der Waals surface area contributed by atoms with Gasteiger partial charge < -0.3 is 11.1 Å². The van der Waals surface area contributed by atoms with E-state index in [0.717, 1.165) is 11.3 Å². The Labute approximate surface area is 128 Å². The van der Waals surface area contributed by atoms with Crippen LogP contribution < -0.4 is 11.1 Å². The van der Waals surface area contributed by atoms with E-state index in [-0.39, 0.29) is 5.91 Å². The highest BCUT2D eigenvalue weighted by Crippen LogP contribution is 2.39. The maximum absolute atomic E-state index is 11.2. The van der Waals surface area contributed by atoms with Crippen molar-refractivity contribution in [3.8, 4) is 0 Å². The number of anilines is 1. The number of rotatable bonds is 3. The van der Waals surface area contributed by atoms with Gasteiger partial charge in [-0.05, 0) is 54.9 Å². The molecule has 0 heterocycles. The first-order chi connectivity index (χ1) is 9.79. The Morgan fingerprint density at radius 2 is 1.90 bits per heavy atom. The van der Waals surface area contributed by atoms with Gasteiger partial charge in [0.25, 0.3) is 0 Å². The summed E-state index contributed by atoms with van der Waals surface area (Å²) in [5, 5.41) is 3.72. The van der Waals surface area contributed by atoms with Crippen molar-refractivity contribution in [3.05, 3.63) is 29.3 Å². The highest BCUT2D eigenvalue weighted by atomic mass is 16.1. The van der Waals surface area contributed by atoms with Crippen molar-refractivity contribution in [1.29, 1.82) is 0 Å². The number of hydrogen-bond donors (Lipinski definition) is 2. The average Bonchev–Trinajstić information content (AvgIpc) is 2.40. The molecule has 1 aliphatic carbocycles. The molecule has 1 saturated carbocycles. The monoisotopic (exact) mass is 288 g/mol. The molecule has 0 radical (unpaired) electrons. The first-order valence-electron chi connectivity index (χ1n) is 7.96. The van der Waals surface area contributed by atoms with Gasteiger partial charge in [-0.2, -0.15) is 0 Å². The first-order valence-corrected chi connectivity index (χ1v) is 7.96. The fraction of sp³-hybridized carbons (Fsp3) is 0.611. The Kier molecular flexibility index (Phi) is 4.60. The van der Waals surface area contributed by atoms with Crippen LogP contribution in [-0.2, 0) is 0 Å². The molecular formula is C18H28N2O. The summed E-state index contributed by atoms with van der Waals surface area (Å²) < 4.78 is 0. The van der Waals surface area contributed by atoms with E-state index in [2.05, 4.69) is 26.1 Å². The van der Waals surface area contributed by atoms with Gasteiger partial charge in [0.15, 0.2) is 0 Å². The predicted molar refractivity (Wildman–Crippen MR) is 88.5 cm³/mol. The van der Waals surface area contributed by atoms with Crippen molar-refractivity contribution in [1.82, 2.24) is 0 Å². The molecule has 2 unspecified atom stereocenters. The van der Waals surface area contributed by atoms with Crippen molar-refractivity contribution >= 4 is 11.6 Å². The second-order valence-corrected chi connectivity index (χ2v) is 7.40. The summed E-state index contributed by atoms with van der Waals surface area (Å²) in [7, 11) is 0. The molecule has 1 aromatic rings. The van der Waals surface area contributed by atoms with Crippen molar-refractivity contribution in [3.63, 3.8) is 0 Å². The summed E-state index contributed by atoms with van der Waals surface area (Å²) in [5.41, 5.74) is 8.45. The third kappa shape index (κ3) is 3.78. The Hall–Kier alpha value is -1.51. The normalized spacial score (nSPS) is 22.9. The summed E-state index contributed by atoms with van der Waals surface area (Å²) in [6.45, 7) is 9.03. The zero-order chi connectivity index (χ0) is 15.6. The lowest BCUT2D eigenvalue weighted by Crippen LogP contribution is -2.39. The number of aryl methyl sites for hydroxylation is 1. The lowest BCUT2D eigenvalue weighted by molar-refractivity contribution is 0.1000. The maximum atomic E-state index is 11.2. The van der Waals surface area contributed by atoms with Crippen molar-refractivity contribution in [2.75, 3.05) is 5.32 Å². The molecular weight excluding hydrogens is 260 g/mol. The van der Waals surface area contributed by atoms with E-state index in [1.54, 1.807) is 0 Å². The van der Waals surface area contributed by atoms with Gasteiger partial charge in [-0.3, -0.25) is 4.79 Å². The topological polar surface area (TPSA) is 55.1 Å². The molecule has 0 aliphatic heterocycles. The number of nitrogens with two attached hydrogens (primary N) is 1. The average molecular weight is 288 g/mol. The second kappa shape index (κ2) is 6.08. The maximum Gasteiger partial charge on any atom is 0.248 e. The van der Waals surface area contributed by atoms with Gasteiger partial charge in [-0.1, -0.05) is 33.6 Å². The molecule has 2 atom stereocenters. The Balaban J connectivity index is 2.18. The van der Waals surface area contributed by atoms with Crippen molar-refractivity contribution in [2.24, 2.45) is 17.1 Å². The molecule has 1 fully saturated rings. The third-order valence-corrected chi connectivity index (χ3v) is 4.73. The molecule has 3 nitrogen and oxygen atoms in total. The zero-order valence-corrected chi connectivity index (χ0v) is 13.7. The van der Waals surface area contributed by atoms with E-state index >= 15 is 0 Å². The molecule has 2 rings (SSSR count). The molecule has 3 N–H and O–H groups in total. The van der Waals surface area contributed by atoms with Gasteiger partial charge in [0, 0.05) is 17.3 Å². The van der Waals surface area contributed by atoms with Crippen LogP contribution in [0.4, 0.5) is 5.69 Å². The molecule has 21 heavy (non-hydrogen) atoms. The van der Waals surface area contributed by atoms with Crippen LogP contribution in [-0.4, -0.2) is 11.9 Å². The second-order valence-electron chi connectivity index (χ2n) is 7.40. The molecule has 3 heteroatoms. The van der Waals surface area contributed by atoms with E-state index in [4.69, 9.17) is 5.73 Å². The molecule has 0 saturated heterocycles. The number of hydrogen-bond acceptors (Lipinski definition) is 2. The number of benzene rings is 1. The van der Waals surface area contributed by atoms with Crippen molar-refractivity contribution < 1.29 is 4.79 Å². The van der Waals surface area contributed by atoms with Crippen molar-refractivity contribution in [2.45, 2.75) is 59.4 Å². The molecule has 116 valence electrons. The Morgan fingerprint density at radius 1 is 1.24 bits per heavy atom. The SMILES string of the molecule is Cc1cc(C(N)=O)ccc1NC1CCCCC1C(C)(C)C. The molecule has 0 aromatic heterocycles. The van der Waals surface area contributed by atoms with Gasteiger partial charge in [0.05, 0.1) is 0 Å². The van der Waals surface area contributed by atoms with Crippen LogP contribution in [0.1, 0.15) is 62.4 Å². The number of carbonyl (C=O) groups is 1. The summed E-state index contributed by atoms with van der Waals surface area (Å²) in [6.07, 6.45) is 5.14. The predicted octanol–water partition coefficient (Wildman–Crippen LogP) is 4.11. The lowest BCUT2D eigenvalue weighted by Gasteiger charge is -2.41. The fourth-order valence-electron chi connectivity index (χ4n) is 3.52. The first kappa shape index (κ1) is 15.9. The molecule has 1 aliphatic rings. The van der Waals surface area contributed by atoms with E-state index in [1.165, 1.54) is 25.7 Å². The number of carbonyl (C=O) groups excluding carboxylic acids is 1. The third-order valence-electron chi connectivity index (χ3n) is 4.73. The van der Waals surface area contributed by atoms with Crippen LogP contribution in [0.3, 0.4) is 0 Å². The Morgan fingerprint density at radius 3 is 2.48 bits per heavy atom. The van der Waals surface area contributed by atoms with Crippen LogP contribution in [0.2, 0.25) is 0 Å². The highest BCUT2D eigenvalue weighted by molar-refractivity contribution is 5.93. The molecule has 1 amide bonds. The van der Waals surface area contributed by atoms with E-state index < -0.39 is 0 Å². The van der Waals surface area contributed by atoms with Crippen LogP contribution in [0.15, 0.2) is 18.2 Å².